The van der Waals surface area contributed by atoms with Gasteiger partial charge in [-0.1, -0.05) is 44.9 Å². The molecule has 9 nitrogen and oxygen atoms in total. The van der Waals surface area contributed by atoms with E-state index in [1.165, 1.54) is 0 Å². The number of nitrogens with zero attached hydrogens (tertiary/aromatic N) is 7. The molecule has 5 rings (SSSR count). The first-order valence-electron chi connectivity index (χ1n) is 12.9. The molecular weight excluding hydrogens is 464 g/mol. The second-order valence-corrected chi connectivity index (χ2v) is 9.23. The number of imidazole rings is 1. The van der Waals surface area contributed by atoms with Gasteiger partial charge in [-0.3, -0.25) is 14.1 Å². The maximum atomic E-state index is 13.7. The highest BCUT2D eigenvalue weighted by atomic mass is 16.1. The third-order valence-corrected chi connectivity index (χ3v) is 6.59. The smallest absolute Gasteiger partial charge is 0.334 e. The van der Waals surface area contributed by atoms with Crippen LogP contribution in [0.5, 0.6) is 0 Å². The van der Waals surface area contributed by atoms with E-state index in [9.17, 15) is 4.79 Å². The van der Waals surface area contributed by atoms with E-state index < -0.39 is 0 Å². The fraction of sp³-hybridized carbons (Fsp3) is 0.321. The fourth-order valence-corrected chi connectivity index (χ4v) is 4.59. The second kappa shape index (κ2) is 11.2. The van der Waals surface area contributed by atoms with Crippen molar-refractivity contribution in [2.75, 3.05) is 0 Å². The molecule has 1 N–H and O–H groups in total. The topological polar surface area (TPSA) is 99.2 Å². The zero-order valence-electron chi connectivity index (χ0n) is 21.3. The van der Waals surface area contributed by atoms with Crippen LogP contribution in [-0.2, 0) is 19.5 Å². The number of benzene rings is 1. The Kier molecular flexibility index (Phi) is 7.39. The molecule has 190 valence electrons. The van der Waals surface area contributed by atoms with Crippen LogP contribution >= 0.6 is 0 Å². The Balaban J connectivity index is 1.48. The summed E-state index contributed by atoms with van der Waals surface area (Å²) in [5.74, 6) is 1.46. The molecule has 5 aromatic rings. The van der Waals surface area contributed by atoms with Gasteiger partial charge in [-0.2, -0.15) is 5.21 Å². The number of aryl methyl sites for hydroxylation is 2. The van der Waals surface area contributed by atoms with E-state index in [1.807, 2.05) is 65.5 Å². The Morgan fingerprint density at radius 2 is 1.78 bits per heavy atom. The van der Waals surface area contributed by atoms with Gasteiger partial charge in [0.15, 0.2) is 0 Å². The number of aromatic nitrogens is 8. The average Bonchev–Trinajstić information content (AvgIpc) is 3.69. The van der Waals surface area contributed by atoms with E-state index in [2.05, 4.69) is 44.0 Å². The Bertz CT molecular complexity index is 1510. The molecule has 0 aliphatic rings. The van der Waals surface area contributed by atoms with E-state index in [0.717, 1.165) is 72.5 Å². The Labute approximate surface area is 215 Å². The number of H-pyrrole nitrogens is 1. The van der Waals surface area contributed by atoms with Gasteiger partial charge in [-0.15, -0.1) is 10.2 Å². The number of hydrogen-bond donors (Lipinski definition) is 1. The molecule has 4 aromatic heterocycles. The van der Waals surface area contributed by atoms with Crippen molar-refractivity contribution in [2.45, 2.75) is 59.0 Å². The van der Waals surface area contributed by atoms with Crippen LogP contribution in [0.15, 0.2) is 71.9 Å². The van der Waals surface area contributed by atoms with Crippen LogP contribution in [0.2, 0.25) is 0 Å². The molecule has 0 aliphatic carbocycles. The van der Waals surface area contributed by atoms with Crippen molar-refractivity contribution in [3.63, 3.8) is 0 Å². The molecule has 0 bridgehead atoms. The molecule has 0 amide bonds. The van der Waals surface area contributed by atoms with Crippen molar-refractivity contribution in [1.29, 1.82) is 0 Å². The maximum Gasteiger partial charge on any atom is 0.334 e. The van der Waals surface area contributed by atoms with Crippen LogP contribution in [0.25, 0.3) is 28.3 Å². The molecule has 4 heterocycles. The molecule has 0 radical (unpaired) electrons. The van der Waals surface area contributed by atoms with Crippen LogP contribution < -0.4 is 5.69 Å². The second-order valence-electron chi connectivity index (χ2n) is 9.23. The lowest BCUT2D eigenvalue weighted by molar-refractivity contribution is 0.613. The van der Waals surface area contributed by atoms with Gasteiger partial charge in [0.05, 0.1) is 12.2 Å². The zero-order chi connectivity index (χ0) is 25.6. The number of nitrogens with one attached hydrogen (secondary N) is 1. The lowest BCUT2D eigenvalue weighted by Crippen LogP contribution is -2.26. The van der Waals surface area contributed by atoms with Crippen LogP contribution in [-0.4, -0.2) is 39.3 Å². The standard InChI is InChI=1S/C28H32N8O/c1-3-5-11-25-20-36(26-12-8-16-34(26)15-6-4-2)28(37)35(25)19-24-18-22(13-14-29-24)21-9-7-10-23(17-21)27-30-32-33-31-27/h7-10,12-14,16-18,20H,3-6,11,15,19H2,1-2H3,(H,30,31,32,33). The van der Waals surface area contributed by atoms with Gasteiger partial charge >= 0.3 is 5.69 Å². The number of pyridine rings is 1. The van der Waals surface area contributed by atoms with Crippen molar-refractivity contribution >= 4 is 0 Å². The number of rotatable bonds is 11. The van der Waals surface area contributed by atoms with Crippen molar-refractivity contribution in [2.24, 2.45) is 0 Å². The van der Waals surface area contributed by atoms with E-state index in [4.69, 9.17) is 0 Å². The predicted octanol–water partition coefficient (Wildman–Crippen LogP) is 4.87. The van der Waals surface area contributed by atoms with E-state index in [1.54, 1.807) is 10.8 Å². The molecule has 9 heteroatoms. The van der Waals surface area contributed by atoms with Crippen LogP contribution in [0, 0.1) is 0 Å². The number of aromatic amines is 1. The number of tetrazole rings is 1. The first-order chi connectivity index (χ1) is 18.2. The summed E-state index contributed by atoms with van der Waals surface area (Å²) in [6, 6.07) is 16.1. The number of unbranched alkanes of at least 4 members (excludes halogenated alkanes) is 2. The average molecular weight is 497 g/mol. The summed E-state index contributed by atoms with van der Waals surface area (Å²) < 4.78 is 5.82. The normalized spacial score (nSPS) is 11.3. The van der Waals surface area contributed by atoms with Crippen molar-refractivity contribution < 1.29 is 0 Å². The van der Waals surface area contributed by atoms with E-state index in [-0.39, 0.29) is 5.69 Å². The van der Waals surface area contributed by atoms with Crippen LogP contribution in [0.1, 0.15) is 50.9 Å². The summed E-state index contributed by atoms with van der Waals surface area (Å²) in [5, 5.41) is 14.3. The van der Waals surface area contributed by atoms with Crippen molar-refractivity contribution in [1.82, 2.24) is 39.3 Å². The summed E-state index contributed by atoms with van der Waals surface area (Å²) in [4.78, 5) is 18.3. The first-order valence-corrected chi connectivity index (χ1v) is 12.9. The summed E-state index contributed by atoms with van der Waals surface area (Å²) >= 11 is 0. The highest BCUT2D eigenvalue weighted by Gasteiger charge is 2.16. The fourth-order valence-electron chi connectivity index (χ4n) is 4.59. The van der Waals surface area contributed by atoms with E-state index >= 15 is 0 Å². The highest BCUT2D eigenvalue weighted by molar-refractivity contribution is 5.70. The van der Waals surface area contributed by atoms with Gasteiger partial charge in [0.1, 0.15) is 5.82 Å². The lowest BCUT2D eigenvalue weighted by Gasteiger charge is -2.09. The van der Waals surface area contributed by atoms with Crippen molar-refractivity contribution in [3.05, 3.63) is 89.0 Å². The largest absolute Gasteiger partial charge is 0.334 e. The van der Waals surface area contributed by atoms with Gasteiger partial charge in [0, 0.05) is 36.4 Å². The molecule has 0 aliphatic heterocycles. The van der Waals surface area contributed by atoms with Gasteiger partial charge in [-0.25, -0.2) is 4.79 Å². The molecule has 0 atom stereocenters. The minimum absolute atomic E-state index is 0.0335. The summed E-state index contributed by atoms with van der Waals surface area (Å²) in [7, 11) is 0. The molecule has 0 unspecified atom stereocenters. The third kappa shape index (κ3) is 5.30. The molecule has 1 aromatic carbocycles. The van der Waals surface area contributed by atoms with Crippen LogP contribution in [0.3, 0.4) is 0 Å². The highest BCUT2D eigenvalue weighted by Crippen LogP contribution is 2.25. The molecule has 0 spiro atoms. The van der Waals surface area contributed by atoms with Gasteiger partial charge in [-0.05, 0) is 65.9 Å². The van der Waals surface area contributed by atoms with Gasteiger partial charge in [0.25, 0.3) is 0 Å². The van der Waals surface area contributed by atoms with Gasteiger partial charge < -0.3 is 4.57 Å². The monoisotopic (exact) mass is 496 g/mol. The molecule has 0 saturated carbocycles. The van der Waals surface area contributed by atoms with E-state index in [0.29, 0.717) is 12.4 Å². The minimum Gasteiger partial charge on any atom is -0.334 e. The van der Waals surface area contributed by atoms with Crippen molar-refractivity contribution in [3.8, 4) is 28.3 Å². The summed E-state index contributed by atoms with van der Waals surface area (Å²) in [6.45, 7) is 5.66. The number of hydrogen-bond acceptors (Lipinski definition) is 5. The zero-order valence-corrected chi connectivity index (χ0v) is 21.3. The summed E-state index contributed by atoms with van der Waals surface area (Å²) in [6.07, 6.45) is 11.0. The minimum atomic E-state index is -0.0335. The molecule has 0 fully saturated rings. The quantitative estimate of drug-likeness (QED) is 0.281. The first kappa shape index (κ1) is 24.4. The molecule has 37 heavy (non-hydrogen) atoms. The Hall–Kier alpha value is -4.27. The third-order valence-electron chi connectivity index (χ3n) is 6.59. The molecule has 0 saturated heterocycles. The van der Waals surface area contributed by atoms with Gasteiger partial charge in [0.2, 0.25) is 5.82 Å². The predicted molar refractivity (Wildman–Crippen MR) is 143 cm³/mol. The van der Waals surface area contributed by atoms with Crippen LogP contribution in [0.4, 0.5) is 0 Å². The Morgan fingerprint density at radius 1 is 0.946 bits per heavy atom. The Morgan fingerprint density at radius 3 is 2.59 bits per heavy atom. The lowest BCUT2D eigenvalue weighted by atomic mass is 10.0. The summed E-state index contributed by atoms with van der Waals surface area (Å²) in [5.41, 5.74) is 4.75. The SMILES string of the molecule is CCCCc1cn(-c2cccn2CCCC)c(=O)n1Cc1cc(-c2cccc(-c3nn[nH]n3)c2)ccn1. The maximum absolute atomic E-state index is 13.7. The molecular formula is C28H32N8O.